The topological polar surface area (TPSA) is 169 Å². The molecule has 0 fully saturated rings. The number of allylic oxidation sites excluding steroid dienone is 4. The number of rotatable bonds is 33. The molecule has 0 aromatic rings. The maximum atomic E-state index is 12.2. The van der Waals surface area contributed by atoms with Crippen molar-refractivity contribution in [1.82, 2.24) is 5.32 Å². The maximum Gasteiger partial charge on any atom is 0.472 e. The van der Waals surface area contributed by atoms with E-state index in [-0.39, 0.29) is 12.8 Å². The van der Waals surface area contributed by atoms with E-state index >= 15 is 0 Å². The third-order valence-electron chi connectivity index (χ3n) is 7.49. The summed E-state index contributed by atoms with van der Waals surface area (Å²) in [5, 5.41) is 21.6. The summed E-state index contributed by atoms with van der Waals surface area (Å²) in [4.78, 5) is 45.3. The van der Waals surface area contributed by atoms with Gasteiger partial charge in [0.1, 0.15) is 12.7 Å². The van der Waals surface area contributed by atoms with Crippen LogP contribution in [0.5, 0.6) is 0 Å². The molecule has 11 nitrogen and oxygen atoms in total. The number of unbranched alkanes of at least 4 members (excludes halogenated alkanes) is 15. The van der Waals surface area contributed by atoms with Gasteiger partial charge in [0.25, 0.3) is 0 Å². The summed E-state index contributed by atoms with van der Waals surface area (Å²) >= 11 is 0. The summed E-state index contributed by atoms with van der Waals surface area (Å²) < 4.78 is 26.4. The van der Waals surface area contributed by atoms with Gasteiger partial charge in [-0.2, -0.15) is 0 Å². The van der Waals surface area contributed by atoms with Crippen molar-refractivity contribution in [1.29, 1.82) is 0 Å². The Morgan fingerprint density at radius 1 is 0.681 bits per heavy atom. The molecule has 3 unspecified atom stereocenters. The Morgan fingerprint density at radius 2 is 1.17 bits per heavy atom. The highest BCUT2D eigenvalue weighted by Gasteiger charge is 2.28. The Balaban J connectivity index is 3.93. The zero-order valence-corrected chi connectivity index (χ0v) is 30.0. The SMILES string of the molecule is CCCCC/C=C\C/C=C\CCCCCCCCCCCC(=O)NC(COP(=O)(O)OCC(O)COC(=O)CCCCCC)C(=O)O. The van der Waals surface area contributed by atoms with Gasteiger partial charge >= 0.3 is 19.8 Å². The molecule has 274 valence electrons. The van der Waals surface area contributed by atoms with E-state index in [0.29, 0.717) is 12.8 Å². The van der Waals surface area contributed by atoms with Crippen molar-refractivity contribution < 1.29 is 47.8 Å². The van der Waals surface area contributed by atoms with Gasteiger partial charge in [-0.15, -0.1) is 0 Å². The zero-order valence-electron chi connectivity index (χ0n) is 29.1. The number of esters is 1. The number of aliphatic hydroxyl groups excluding tert-OH is 1. The molecule has 0 aromatic heterocycles. The molecule has 0 saturated carbocycles. The second kappa shape index (κ2) is 31.2. The van der Waals surface area contributed by atoms with Crippen molar-refractivity contribution in [2.24, 2.45) is 0 Å². The number of phosphoric ester groups is 1. The minimum atomic E-state index is -4.73. The number of aliphatic hydroxyl groups is 1. The van der Waals surface area contributed by atoms with Gasteiger partial charge in [-0.25, -0.2) is 9.36 Å². The summed E-state index contributed by atoms with van der Waals surface area (Å²) in [5.74, 6) is -2.40. The predicted octanol–water partition coefficient (Wildman–Crippen LogP) is 7.94. The van der Waals surface area contributed by atoms with E-state index < -0.39 is 57.6 Å². The van der Waals surface area contributed by atoms with E-state index in [2.05, 4.69) is 48.0 Å². The summed E-state index contributed by atoms with van der Waals surface area (Å²) in [6, 6.07) is -1.54. The van der Waals surface area contributed by atoms with Crippen molar-refractivity contribution in [2.75, 3.05) is 19.8 Å². The lowest BCUT2D eigenvalue weighted by molar-refractivity contribution is -0.147. The molecule has 0 aliphatic heterocycles. The first-order valence-electron chi connectivity index (χ1n) is 17.9. The van der Waals surface area contributed by atoms with E-state index in [9.17, 15) is 34.1 Å². The Morgan fingerprint density at radius 3 is 1.77 bits per heavy atom. The lowest BCUT2D eigenvalue weighted by Gasteiger charge is -2.18. The average Bonchev–Trinajstić information content (AvgIpc) is 3.04. The average molecular weight is 690 g/mol. The number of nitrogens with one attached hydrogen (secondary N) is 1. The van der Waals surface area contributed by atoms with Crippen LogP contribution in [0.3, 0.4) is 0 Å². The molecule has 0 aromatic carbocycles. The lowest BCUT2D eigenvalue weighted by Crippen LogP contribution is -2.43. The van der Waals surface area contributed by atoms with Crippen LogP contribution in [-0.2, 0) is 32.7 Å². The lowest BCUT2D eigenvalue weighted by atomic mass is 10.1. The first-order valence-corrected chi connectivity index (χ1v) is 19.4. The monoisotopic (exact) mass is 689 g/mol. The van der Waals surface area contributed by atoms with E-state index in [0.717, 1.165) is 57.8 Å². The molecule has 0 heterocycles. The van der Waals surface area contributed by atoms with Crippen molar-refractivity contribution >= 4 is 25.7 Å². The van der Waals surface area contributed by atoms with E-state index in [4.69, 9.17) is 9.26 Å². The number of ether oxygens (including phenoxy) is 1. The number of carboxylic acid groups (broad SMARTS) is 1. The van der Waals surface area contributed by atoms with E-state index in [1.807, 2.05) is 0 Å². The van der Waals surface area contributed by atoms with Gasteiger partial charge in [0.2, 0.25) is 5.91 Å². The minimum absolute atomic E-state index is 0.142. The molecule has 0 rings (SSSR count). The Kier molecular flexibility index (Phi) is 29.9. The standard InChI is InChI=1S/C35H64NO10P/c1-3-5-7-9-10-11-12-13-14-15-16-17-18-19-20-21-22-23-24-26-33(38)36-32(35(40)41)30-46-47(42,43)45-29-31(37)28-44-34(39)27-25-8-6-4-2/h10-11,13-14,31-32,37H,3-9,12,15-30H2,1-2H3,(H,36,38)(H,40,41)(H,42,43)/b11-10-,14-13-. The third kappa shape index (κ3) is 31.0. The third-order valence-corrected chi connectivity index (χ3v) is 8.44. The summed E-state index contributed by atoms with van der Waals surface area (Å²) in [6.45, 7) is 2.39. The Bertz CT molecular complexity index is 911. The number of carbonyl (C=O) groups excluding carboxylic acids is 2. The van der Waals surface area contributed by atoms with Gasteiger partial charge in [0, 0.05) is 12.8 Å². The molecule has 0 radical (unpaired) electrons. The van der Waals surface area contributed by atoms with Gasteiger partial charge in [0.05, 0.1) is 13.2 Å². The Hall–Kier alpha value is -2.04. The zero-order chi connectivity index (χ0) is 35.0. The summed E-state index contributed by atoms with van der Waals surface area (Å²) in [6.07, 6.45) is 28.5. The van der Waals surface area contributed by atoms with Crippen molar-refractivity contribution in [3.8, 4) is 0 Å². The van der Waals surface area contributed by atoms with Crippen molar-refractivity contribution in [3.63, 3.8) is 0 Å². The number of hydrogen-bond acceptors (Lipinski definition) is 8. The molecule has 0 spiro atoms. The van der Waals surface area contributed by atoms with Gasteiger partial charge in [-0.3, -0.25) is 18.6 Å². The smallest absolute Gasteiger partial charge is 0.472 e. The van der Waals surface area contributed by atoms with Crippen LogP contribution in [-0.4, -0.2) is 64.9 Å². The molecule has 0 aliphatic carbocycles. The second-order valence-corrected chi connectivity index (χ2v) is 13.5. The minimum Gasteiger partial charge on any atom is -0.480 e. The number of hydrogen-bond donors (Lipinski definition) is 4. The first-order chi connectivity index (χ1) is 22.6. The van der Waals surface area contributed by atoms with Crippen LogP contribution in [0.15, 0.2) is 24.3 Å². The number of carbonyl (C=O) groups is 3. The van der Waals surface area contributed by atoms with E-state index in [1.165, 1.54) is 51.4 Å². The number of amides is 1. The molecule has 3 atom stereocenters. The molecular weight excluding hydrogens is 625 g/mol. The van der Waals surface area contributed by atoms with Crippen molar-refractivity contribution in [2.45, 2.75) is 161 Å². The first kappa shape index (κ1) is 45.0. The van der Waals surface area contributed by atoms with E-state index in [1.54, 1.807) is 0 Å². The highest BCUT2D eigenvalue weighted by molar-refractivity contribution is 7.47. The van der Waals surface area contributed by atoms with Gasteiger partial charge < -0.3 is 25.2 Å². The fourth-order valence-corrected chi connectivity index (χ4v) is 5.41. The molecule has 1 amide bonds. The van der Waals surface area contributed by atoms with Crippen LogP contribution < -0.4 is 5.32 Å². The second-order valence-electron chi connectivity index (χ2n) is 12.1. The highest BCUT2D eigenvalue weighted by atomic mass is 31.2. The number of aliphatic carboxylic acids is 1. The van der Waals surface area contributed by atoms with Gasteiger partial charge in [-0.05, 0) is 44.9 Å². The molecule has 0 bridgehead atoms. The van der Waals surface area contributed by atoms with Crippen LogP contribution in [0.1, 0.15) is 149 Å². The molecule has 4 N–H and O–H groups in total. The maximum absolute atomic E-state index is 12.2. The molecule has 12 heteroatoms. The molecule has 0 aliphatic rings. The molecular formula is C35H64NO10P. The largest absolute Gasteiger partial charge is 0.480 e. The van der Waals surface area contributed by atoms with Crippen LogP contribution >= 0.6 is 7.82 Å². The predicted molar refractivity (Wildman–Crippen MR) is 185 cm³/mol. The van der Waals surface area contributed by atoms with Crippen LogP contribution in [0, 0.1) is 0 Å². The number of phosphoric acid groups is 1. The fraction of sp³-hybridized carbons (Fsp3) is 0.800. The van der Waals surface area contributed by atoms with Crippen LogP contribution in [0.4, 0.5) is 0 Å². The van der Waals surface area contributed by atoms with Gasteiger partial charge in [-0.1, -0.05) is 115 Å². The van der Waals surface area contributed by atoms with Gasteiger partial charge in [0.15, 0.2) is 6.04 Å². The van der Waals surface area contributed by atoms with Crippen LogP contribution in [0.2, 0.25) is 0 Å². The van der Waals surface area contributed by atoms with Crippen LogP contribution in [0.25, 0.3) is 0 Å². The fourth-order valence-electron chi connectivity index (χ4n) is 4.64. The molecule has 0 saturated heterocycles. The Labute approximate surface area is 283 Å². The summed E-state index contributed by atoms with van der Waals surface area (Å²) in [5.41, 5.74) is 0. The highest BCUT2D eigenvalue weighted by Crippen LogP contribution is 2.43. The quantitative estimate of drug-likeness (QED) is 0.0230. The summed E-state index contributed by atoms with van der Waals surface area (Å²) in [7, 11) is -4.73. The van der Waals surface area contributed by atoms with Crippen molar-refractivity contribution in [3.05, 3.63) is 24.3 Å². The normalized spacial score (nSPS) is 14.3. The molecule has 47 heavy (non-hydrogen) atoms. The number of carboxylic acids is 1.